The van der Waals surface area contributed by atoms with Crippen LogP contribution in [0.1, 0.15) is 59.1 Å². The summed E-state index contributed by atoms with van der Waals surface area (Å²) in [6, 6.07) is 0. The summed E-state index contributed by atoms with van der Waals surface area (Å²) in [5, 5.41) is 1.40. The van der Waals surface area contributed by atoms with Gasteiger partial charge in [-0.05, 0) is 26.2 Å². The Balaban J connectivity index is 1.79. The van der Waals surface area contributed by atoms with Gasteiger partial charge in [-0.3, -0.25) is 0 Å². The molecule has 0 amide bonds. The molecule has 1 aliphatic heterocycles. The summed E-state index contributed by atoms with van der Waals surface area (Å²) in [6.07, 6.45) is 4.20. The summed E-state index contributed by atoms with van der Waals surface area (Å²) in [6.45, 7) is 8.86. The molecule has 2 aromatic heterocycles. The van der Waals surface area contributed by atoms with Crippen molar-refractivity contribution in [2.24, 2.45) is 5.92 Å². The van der Waals surface area contributed by atoms with Crippen LogP contribution in [0.2, 0.25) is 0 Å². The Kier molecular flexibility index (Phi) is 4.04. The number of anilines is 1. The maximum absolute atomic E-state index is 6.16. The second kappa shape index (κ2) is 6.08. The summed E-state index contributed by atoms with van der Waals surface area (Å²) >= 11 is 1.97. The number of nitrogens with two attached hydrogens (primary N) is 1. The lowest BCUT2D eigenvalue weighted by Gasteiger charge is -2.10. The SMILES string of the molecule is Cc1ncc(C[n+]2c3sc(c2C2CC2C)CCOCC3C)c(N)n1. The molecule has 2 bridgehead atoms. The minimum Gasteiger partial charge on any atom is -0.383 e. The first-order valence-corrected chi connectivity index (χ1v) is 9.57. The molecular formula is C18H25N4OS+. The van der Waals surface area contributed by atoms with Gasteiger partial charge in [-0.15, -0.1) is 0 Å². The molecule has 2 N–H and O–H groups in total. The van der Waals surface area contributed by atoms with E-state index in [2.05, 4.69) is 28.4 Å². The van der Waals surface area contributed by atoms with E-state index in [0.29, 0.717) is 17.7 Å². The first-order chi connectivity index (χ1) is 11.5. The highest BCUT2D eigenvalue weighted by Crippen LogP contribution is 2.48. The van der Waals surface area contributed by atoms with Crippen LogP contribution >= 0.6 is 11.3 Å². The quantitative estimate of drug-likeness (QED) is 0.869. The van der Waals surface area contributed by atoms with Crippen LogP contribution in [-0.2, 0) is 17.7 Å². The summed E-state index contributed by atoms with van der Waals surface area (Å²) in [5.74, 6) is 3.19. The summed E-state index contributed by atoms with van der Waals surface area (Å²) in [5.41, 5.74) is 8.69. The van der Waals surface area contributed by atoms with Crippen molar-refractivity contribution in [3.05, 3.63) is 33.2 Å². The average molecular weight is 345 g/mol. The minimum absolute atomic E-state index is 0.407. The Bertz CT molecular complexity index is 773. The van der Waals surface area contributed by atoms with Crippen LogP contribution in [0, 0.1) is 12.8 Å². The fraction of sp³-hybridized carbons (Fsp3) is 0.611. The van der Waals surface area contributed by atoms with Crippen LogP contribution in [0.15, 0.2) is 6.20 Å². The highest BCUT2D eigenvalue weighted by molar-refractivity contribution is 7.11. The third-order valence-electron chi connectivity index (χ3n) is 5.14. The number of rotatable bonds is 3. The van der Waals surface area contributed by atoms with Crippen LogP contribution in [0.5, 0.6) is 0 Å². The number of ether oxygens (including phenoxy) is 1. The Labute approximate surface area is 146 Å². The Hall–Kier alpha value is -1.53. The molecule has 0 spiro atoms. The molecule has 3 heterocycles. The van der Waals surface area contributed by atoms with Crippen molar-refractivity contribution >= 4 is 17.2 Å². The Morgan fingerprint density at radius 2 is 2.21 bits per heavy atom. The van der Waals surface area contributed by atoms with E-state index in [1.807, 2.05) is 24.5 Å². The number of aromatic nitrogens is 3. The molecule has 0 saturated heterocycles. The van der Waals surface area contributed by atoms with Crippen molar-refractivity contribution < 1.29 is 9.30 Å². The van der Waals surface area contributed by atoms with E-state index in [1.54, 1.807) is 0 Å². The fourth-order valence-corrected chi connectivity index (χ4v) is 4.97. The van der Waals surface area contributed by atoms with Gasteiger partial charge in [0.05, 0.1) is 29.6 Å². The lowest BCUT2D eigenvalue weighted by molar-refractivity contribution is -0.699. The molecule has 0 aromatic carbocycles. The van der Waals surface area contributed by atoms with E-state index >= 15 is 0 Å². The molecule has 3 atom stereocenters. The van der Waals surface area contributed by atoms with Gasteiger partial charge in [-0.25, -0.2) is 9.97 Å². The number of hydrogen-bond acceptors (Lipinski definition) is 5. The monoisotopic (exact) mass is 345 g/mol. The maximum atomic E-state index is 6.16. The Morgan fingerprint density at radius 1 is 1.42 bits per heavy atom. The number of nitrogens with zero attached hydrogens (tertiary/aromatic N) is 3. The molecule has 3 unspecified atom stereocenters. The van der Waals surface area contributed by atoms with Crippen LogP contribution < -0.4 is 10.3 Å². The number of hydrogen-bond donors (Lipinski definition) is 1. The first kappa shape index (κ1) is 16.0. The molecule has 24 heavy (non-hydrogen) atoms. The minimum atomic E-state index is 0.407. The van der Waals surface area contributed by atoms with Crippen LogP contribution in [0.3, 0.4) is 0 Å². The molecule has 1 fully saturated rings. The lowest BCUT2D eigenvalue weighted by Crippen LogP contribution is -2.42. The zero-order valence-corrected chi connectivity index (χ0v) is 15.4. The van der Waals surface area contributed by atoms with Crippen LogP contribution in [-0.4, -0.2) is 23.2 Å². The largest absolute Gasteiger partial charge is 0.383 e. The third kappa shape index (κ3) is 2.82. The van der Waals surface area contributed by atoms with E-state index in [0.717, 1.165) is 43.5 Å². The van der Waals surface area contributed by atoms with E-state index in [1.165, 1.54) is 22.0 Å². The van der Waals surface area contributed by atoms with Gasteiger partial charge in [0, 0.05) is 18.5 Å². The third-order valence-corrected chi connectivity index (χ3v) is 6.63. The molecule has 2 aliphatic rings. The fourth-order valence-electron chi connectivity index (χ4n) is 3.62. The molecule has 0 radical (unpaired) electrons. The highest BCUT2D eigenvalue weighted by atomic mass is 32.1. The van der Waals surface area contributed by atoms with Crippen LogP contribution in [0.4, 0.5) is 5.82 Å². The molecule has 1 aliphatic carbocycles. The predicted molar refractivity (Wildman–Crippen MR) is 94.3 cm³/mol. The second-order valence-electron chi connectivity index (χ2n) is 7.21. The smallest absolute Gasteiger partial charge is 0.243 e. The zero-order valence-electron chi connectivity index (χ0n) is 14.6. The second-order valence-corrected chi connectivity index (χ2v) is 8.32. The molecule has 4 rings (SSSR count). The first-order valence-electron chi connectivity index (χ1n) is 8.75. The zero-order chi connectivity index (χ0) is 16.8. The van der Waals surface area contributed by atoms with Gasteiger partial charge in [0.2, 0.25) is 5.01 Å². The van der Waals surface area contributed by atoms with E-state index in [-0.39, 0.29) is 0 Å². The summed E-state index contributed by atoms with van der Waals surface area (Å²) in [4.78, 5) is 10.2. The van der Waals surface area contributed by atoms with Crippen LogP contribution in [0.25, 0.3) is 0 Å². The molecular weight excluding hydrogens is 320 g/mol. The predicted octanol–water partition coefficient (Wildman–Crippen LogP) is 2.56. The van der Waals surface area contributed by atoms with Gasteiger partial charge in [0.25, 0.3) is 0 Å². The summed E-state index contributed by atoms with van der Waals surface area (Å²) < 4.78 is 8.33. The van der Waals surface area contributed by atoms with Crippen molar-refractivity contribution in [2.75, 3.05) is 18.9 Å². The lowest BCUT2D eigenvalue weighted by atomic mass is 10.1. The molecule has 5 nitrogen and oxygen atoms in total. The van der Waals surface area contributed by atoms with Crippen molar-refractivity contribution in [1.82, 2.24) is 9.97 Å². The topological polar surface area (TPSA) is 64.9 Å². The van der Waals surface area contributed by atoms with Gasteiger partial charge < -0.3 is 10.5 Å². The van der Waals surface area contributed by atoms with Gasteiger partial charge >= 0.3 is 0 Å². The van der Waals surface area contributed by atoms with Gasteiger partial charge in [0.1, 0.15) is 11.6 Å². The number of nitrogen functional groups attached to an aromatic ring is 1. The molecule has 128 valence electrons. The van der Waals surface area contributed by atoms with Gasteiger partial charge in [0.15, 0.2) is 12.2 Å². The standard InChI is InChI=1S/C18H25N4OS/c1-10-6-14(10)16-15-4-5-23-9-11(2)18(24-15)22(16)8-13-7-20-12(3)21-17(13)19/h7,10-11,14H,4-6,8-9H2,1-3H3,(H2,19,20,21)/q+1. The van der Waals surface area contributed by atoms with Crippen molar-refractivity contribution in [1.29, 1.82) is 0 Å². The van der Waals surface area contributed by atoms with E-state index in [9.17, 15) is 0 Å². The maximum Gasteiger partial charge on any atom is 0.243 e. The van der Waals surface area contributed by atoms with E-state index < -0.39 is 0 Å². The summed E-state index contributed by atoms with van der Waals surface area (Å²) in [7, 11) is 0. The highest BCUT2D eigenvalue weighted by Gasteiger charge is 2.45. The van der Waals surface area contributed by atoms with Gasteiger partial charge in [-0.1, -0.05) is 18.3 Å². The van der Waals surface area contributed by atoms with Crippen molar-refractivity contribution in [3.63, 3.8) is 0 Å². The normalized spacial score (nSPS) is 26.0. The van der Waals surface area contributed by atoms with E-state index in [4.69, 9.17) is 10.5 Å². The van der Waals surface area contributed by atoms with Crippen molar-refractivity contribution in [2.45, 2.75) is 52.0 Å². The van der Waals surface area contributed by atoms with Crippen molar-refractivity contribution in [3.8, 4) is 0 Å². The Morgan fingerprint density at radius 3 is 2.92 bits per heavy atom. The number of thiazole rings is 1. The number of fused-ring (bicyclic) bond motifs is 2. The molecule has 2 aromatic rings. The molecule has 6 heteroatoms. The van der Waals surface area contributed by atoms with Gasteiger partial charge in [-0.2, -0.15) is 4.57 Å². The number of aryl methyl sites for hydroxylation is 1. The average Bonchev–Trinajstić information content (AvgIpc) is 3.11. The molecule has 1 saturated carbocycles.